The first kappa shape index (κ1) is 39.7. The van der Waals surface area contributed by atoms with Crippen LogP contribution in [0.2, 0.25) is 0 Å². The molecule has 0 saturated carbocycles. The zero-order valence-corrected chi connectivity index (χ0v) is 30.2. The SMILES string of the molecule is Cc1cc(C)c(C(=O)NCC(=O)N(C)[C@@H]2C(=O)N[C@@H](C)C(=O)N[C@H](C(=O)NCC#N)Cc3ccc(OCCN)c(c3)-c3cc2ccc3OCCN)cn1. The van der Waals surface area contributed by atoms with Gasteiger partial charge in [-0.25, -0.2) is 0 Å². The second-order valence-corrected chi connectivity index (χ2v) is 12.5. The van der Waals surface area contributed by atoms with Gasteiger partial charge in [-0.1, -0.05) is 12.1 Å². The van der Waals surface area contributed by atoms with Gasteiger partial charge in [0.25, 0.3) is 5.91 Å². The maximum Gasteiger partial charge on any atom is 0.253 e. The average molecular weight is 728 g/mol. The van der Waals surface area contributed by atoms with Gasteiger partial charge in [-0.3, -0.25) is 29.0 Å². The lowest BCUT2D eigenvalue weighted by atomic mass is 9.93. The number of nitrogens with zero attached hydrogens (tertiary/aromatic N) is 3. The molecule has 0 saturated heterocycles. The van der Waals surface area contributed by atoms with Crippen LogP contribution < -0.4 is 42.2 Å². The van der Waals surface area contributed by atoms with Gasteiger partial charge >= 0.3 is 0 Å². The summed E-state index contributed by atoms with van der Waals surface area (Å²) in [7, 11) is 1.41. The van der Waals surface area contributed by atoms with Crippen molar-refractivity contribution >= 4 is 29.5 Å². The Balaban J connectivity index is 1.83. The van der Waals surface area contributed by atoms with Crippen LogP contribution in [0.25, 0.3) is 11.1 Å². The summed E-state index contributed by atoms with van der Waals surface area (Å²) in [5, 5.41) is 19.5. The Labute approximate surface area is 307 Å². The Morgan fingerprint density at radius 1 is 0.962 bits per heavy atom. The van der Waals surface area contributed by atoms with Crippen molar-refractivity contribution in [1.29, 1.82) is 5.26 Å². The van der Waals surface area contributed by atoms with E-state index in [0.29, 0.717) is 44.9 Å². The van der Waals surface area contributed by atoms with Crippen molar-refractivity contribution in [1.82, 2.24) is 31.2 Å². The fourth-order valence-electron chi connectivity index (χ4n) is 5.79. The van der Waals surface area contributed by atoms with E-state index in [-0.39, 0.29) is 39.3 Å². The van der Waals surface area contributed by atoms with Gasteiger partial charge in [0, 0.05) is 49.6 Å². The molecule has 1 aromatic heterocycles. The number of nitriles is 1. The molecule has 4 rings (SSSR count). The Bertz CT molecular complexity index is 1890. The number of amides is 5. The molecule has 5 amide bonds. The molecule has 1 aliphatic rings. The number of aryl methyl sites for hydroxylation is 2. The highest BCUT2D eigenvalue weighted by Crippen LogP contribution is 2.40. The van der Waals surface area contributed by atoms with Gasteiger partial charge in [0.05, 0.1) is 18.2 Å². The fourth-order valence-corrected chi connectivity index (χ4v) is 5.79. The smallest absolute Gasteiger partial charge is 0.253 e. The summed E-state index contributed by atoms with van der Waals surface area (Å²) in [4.78, 5) is 72.8. The van der Waals surface area contributed by atoms with Crippen LogP contribution in [0.1, 0.15) is 45.7 Å². The zero-order chi connectivity index (χ0) is 38.7. The fraction of sp³-hybridized carbons (Fsp3) is 0.378. The first-order chi connectivity index (χ1) is 25.4. The molecule has 16 heteroatoms. The molecule has 53 heavy (non-hydrogen) atoms. The number of carbonyl (C=O) groups is 5. The number of fused-ring (bicyclic) bond motifs is 5. The van der Waals surface area contributed by atoms with Gasteiger partial charge in [-0.15, -0.1) is 0 Å². The molecule has 3 atom stereocenters. The van der Waals surface area contributed by atoms with Crippen LogP contribution in [0.15, 0.2) is 48.7 Å². The lowest BCUT2D eigenvalue weighted by Crippen LogP contribution is -2.55. The molecular formula is C37H45N9O7. The van der Waals surface area contributed by atoms with Crippen molar-refractivity contribution in [3.63, 3.8) is 0 Å². The monoisotopic (exact) mass is 727 g/mol. The van der Waals surface area contributed by atoms with Gasteiger partial charge in [0.2, 0.25) is 23.6 Å². The molecule has 0 unspecified atom stereocenters. The van der Waals surface area contributed by atoms with Crippen LogP contribution in [0.4, 0.5) is 0 Å². The number of rotatable bonds is 12. The summed E-state index contributed by atoms with van der Waals surface area (Å²) < 4.78 is 12.0. The predicted molar refractivity (Wildman–Crippen MR) is 194 cm³/mol. The van der Waals surface area contributed by atoms with Crippen molar-refractivity contribution in [2.45, 2.75) is 45.3 Å². The van der Waals surface area contributed by atoms with Gasteiger partial charge in [0.15, 0.2) is 0 Å². The minimum atomic E-state index is -1.31. The van der Waals surface area contributed by atoms with E-state index in [0.717, 1.165) is 5.69 Å². The first-order valence-electron chi connectivity index (χ1n) is 17.0. The third kappa shape index (κ3) is 10.1. The predicted octanol–water partition coefficient (Wildman–Crippen LogP) is 0.155. The lowest BCUT2D eigenvalue weighted by molar-refractivity contribution is -0.139. The van der Waals surface area contributed by atoms with Crippen LogP contribution in [-0.2, 0) is 25.6 Å². The number of benzene rings is 2. The van der Waals surface area contributed by atoms with E-state index in [1.807, 2.05) is 6.07 Å². The molecule has 0 fully saturated rings. The molecule has 2 heterocycles. The molecule has 8 N–H and O–H groups in total. The summed E-state index contributed by atoms with van der Waals surface area (Å²) in [5.74, 6) is -2.31. The van der Waals surface area contributed by atoms with Gasteiger partial charge < -0.3 is 47.1 Å². The number of likely N-dealkylation sites (N-methyl/N-ethyl adjacent to an activating group) is 1. The standard InChI is InChI=1S/C37H45N9O7/c1-21-15-22(2)42-19-28(21)35(49)43-20-32(47)46(4)33-25-6-8-31(53-14-11-40)27(18-25)26-16-24(5-7-30(26)52-13-10-39)17-29(36(50)41-12-9-38)45-34(48)23(3)44-37(33)51/h5-8,15-16,18-19,23,29,33H,10-14,17,20,39-40H2,1-4H3,(H,41,50)(H,43,49)(H,44,51)(H,45,48)/t23-,29-,33-/m0/s1. The molecule has 4 bridgehead atoms. The largest absolute Gasteiger partial charge is 0.492 e. The van der Waals surface area contributed by atoms with Crippen LogP contribution in [0.5, 0.6) is 11.5 Å². The second kappa shape index (κ2) is 18.4. The lowest BCUT2D eigenvalue weighted by Gasteiger charge is -2.30. The van der Waals surface area contributed by atoms with E-state index >= 15 is 0 Å². The van der Waals surface area contributed by atoms with E-state index in [4.69, 9.17) is 26.2 Å². The summed E-state index contributed by atoms with van der Waals surface area (Å²) >= 11 is 0. The Hall–Kier alpha value is -6.05. The third-order valence-corrected chi connectivity index (χ3v) is 8.49. The van der Waals surface area contributed by atoms with Crippen LogP contribution in [0, 0.1) is 25.2 Å². The summed E-state index contributed by atoms with van der Waals surface area (Å²) in [6.07, 6.45) is 1.45. The topological polar surface area (TPSA) is 244 Å². The number of nitrogens with one attached hydrogen (secondary N) is 4. The van der Waals surface area contributed by atoms with Crippen LogP contribution in [-0.4, -0.2) is 97.9 Å². The number of hydrogen-bond donors (Lipinski definition) is 6. The third-order valence-electron chi connectivity index (χ3n) is 8.49. The Morgan fingerprint density at radius 3 is 2.26 bits per heavy atom. The number of aromatic nitrogens is 1. The number of nitrogens with two attached hydrogens (primary N) is 2. The highest BCUT2D eigenvalue weighted by molar-refractivity contribution is 5.99. The Kier molecular flexibility index (Phi) is 13.8. The molecule has 0 aliphatic carbocycles. The number of carbonyl (C=O) groups excluding carboxylic acids is 5. The minimum Gasteiger partial charge on any atom is -0.492 e. The van der Waals surface area contributed by atoms with Gasteiger partial charge in [-0.05, 0) is 67.8 Å². The molecular weight excluding hydrogens is 682 g/mol. The van der Waals surface area contributed by atoms with Gasteiger partial charge in [-0.2, -0.15) is 5.26 Å². The van der Waals surface area contributed by atoms with Crippen molar-refractivity contribution in [3.05, 3.63) is 76.6 Å². The van der Waals surface area contributed by atoms with Crippen molar-refractivity contribution in [2.75, 3.05) is 46.4 Å². The molecule has 0 spiro atoms. The van der Waals surface area contributed by atoms with Gasteiger partial charge in [0.1, 0.15) is 49.4 Å². The van der Waals surface area contributed by atoms with E-state index in [9.17, 15) is 24.0 Å². The molecule has 0 radical (unpaired) electrons. The quantitative estimate of drug-likeness (QED) is 0.137. The minimum absolute atomic E-state index is 0.0241. The number of ether oxygens (including phenoxy) is 2. The maximum atomic E-state index is 14.1. The maximum absolute atomic E-state index is 14.1. The Morgan fingerprint density at radius 2 is 1.62 bits per heavy atom. The van der Waals surface area contributed by atoms with Crippen molar-refractivity contribution in [2.24, 2.45) is 11.5 Å². The summed E-state index contributed by atoms with van der Waals surface area (Å²) in [5.41, 5.74) is 15.2. The van der Waals surface area contributed by atoms with E-state index in [1.54, 1.807) is 56.3 Å². The molecule has 2 aromatic carbocycles. The van der Waals surface area contributed by atoms with E-state index < -0.39 is 54.2 Å². The molecule has 1 aliphatic heterocycles. The van der Waals surface area contributed by atoms with Crippen molar-refractivity contribution < 1.29 is 33.4 Å². The average Bonchev–Trinajstić information content (AvgIpc) is 3.13. The highest BCUT2D eigenvalue weighted by Gasteiger charge is 2.33. The summed E-state index contributed by atoms with van der Waals surface area (Å²) in [6, 6.07) is 10.2. The molecule has 16 nitrogen and oxygen atoms in total. The van der Waals surface area contributed by atoms with Crippen LogP contribution >= 0.6 is 0 Å². The molecule has 3 aromatic rings. The van der Waals surface area contributed by atoms with E-state index in [2.05, 4.69) is 26.3 Å². The molecule has 280 valence electrons. The highest BCUT2D eigenvalue weighted by atomic mass is 16.5. The van der Waals surface area contributed by atoms with Crippen LogP contribution in [0.3, 0.4) is 0 Å². The summed E-state index contributed by atoms with van der Waals surface area (Å²) in [6.45, 7) is 5.02. The zero-order valence-electron chi connectivity index (χ0n) is 30.2. The second-order valence-electron chi connectivity index (χ2n) is 12.5. The van der Waals surface area contributed by atoms with Crippen molar-refractivity contribution in [3.8, 4) is 28.7 Å². The first-order valence-corrected chi connectivity index (χ1v) is 17.0. The number of pyridine rings is 1. The number of hydrogen-bond acceptors (Lipinski definition) is 11. The van der Waals surface area contributed by atoms with E-state index in [1.165, 1.54) is 25.1 Å². The normalized spacial score (nSPS) is 16.9.